The SMILES string of the molecule is Cc1cc(C(=O)N[C@@H](Cc2ccccc2)C(=O)C(N)=O)nn1-c1nc2ccccc2o1. The minimum atomic E-state index is -1.12. The van der Waals surface area contributed by atoms with Crippen LogP contribution >= 0.6 is 0 Å². The van der Waals surface area contributed by atoms with Crippen LogP contribution in [-0.4, -0.2) is 38.4 Å². The number of rotatable bonds is 7. The predicted molar refractivity (Wildman–Crippen MR) is 111 cm³/mol. The van der Waals surface area contributed by atoms with E-state index in [-0.39, 0.29) is 18.1 Å². The van der Waals surface area contributed by atoms with Gasteiger partial charge in [0.05, 0.1) is 0 Å². The summed E-state index contributed by atoms with van der Waals surface area (Å²) in [5.74, 6) is -2.62. The number of nitrogens with two attached hydrogens (primary N) is 1. The highest BCUT2D eigenvalue weighted by molar-refractivity contribution is 6.38. The topological polar surface area (TPSA) is 133 Å². The molecule has 3 N–H and O–H groups in total. The zero-order valence-corrected chi connectivity index (χ0v) is 16.6. The van der Waals surface area contributed by atoms with Crippen molar-refractivity contribution >= 4 is 28.7 Å². The van der Waals surface area contributed by atoms with Gasteiger partial charge in [-0.3, -0.25) is 14.4 Å². The molecule has 0 aliphatic carbocycles. The molecule has 0 saturated carbocycles. The number of para-hydroxylation sites is 2. The summed E-state index contributed by atoms with van der Waals surface area (Å²) in [6.45, 7) is 1.74. The molecule has 0 aliphatic rings. The van der Waals surface area contributed by atoms with E-state index < -0.39 is 23.6 Å². The van der Waals surface area contributed by atoms with Crippen molar-refractivity contribution in [2.24, 2.45) is 5.73 Å². The van der Waals surface area contributed by atoms with Crippen molar-refractivity contribution in [1.82, 2.24) is 20.1 Å². The van der Waals surface area contributed by atoms with Crippen molar-refractivity contribution in [1.29, 1.82) is 0 Å². The van der Waals surface area contributed by atoms with E-state index in [2.05, 4.69) is 15.4 Å². The first kappa shape index (κ1) is 20.0. The Labute approximate surface area is 176 Å². The van der Waals surface area contributed by atoms with Crippen LogP contribution in [0.1, 0.15) is 21.7 Å². The number of nitrogens with one attached hydrogen (secondary N) is 1. The highest BCUT2D eigenvalue weighted by Crippen LogP contribution is 2.19. The lowest BCUT2D eigenvalue weighted by atomic mass is 10.0. The molecule has 0 fully saturated rings. The van der Waals surface area contributed by atoms with Crippen molar-refractivity contribution in [3.8, 4) is 6.01 Å². The fraction of sp³-hybridized carbons (Fsp3) is 0.136. The summed E-state index contributed by atoms with van der Waals surface area (Å²) in [4.78, 5) is 40.9. The summed E-state index contributed by atoms with van der Waals surface area (Å²) in [5.41, 5.74) is 7.85. The third-order valence-corrected chi connectivity index (χ3v) is 4.73. The number of hydrogen-bond donors (Lipinski definition) is 2. The minimum absolute atomic E-state index is 0.0510. The van der Waals surface area contributed by atoms with E-state index in [0.717, 1.165) is 5.56 Å². The summed E-state index contributed by atoms with van der Waals surface area (Å²) >= 11 is 0. The molecule has 0 bridgehead atoms. The highest BCUT2D eigenvalue weighted by Gasteiger charge is 2.27. The van der Waals surface area contributed by atoms with Gasteiger partial charge in [-0.1, -0.05) is 42.5 Å². The quantitative estimate of drug-likeness (QED) is 0.440. The van der Waals surface area contributed by atoms with E-state index in [9.17, 15) is 14.4 Å². The Hall–Kier alpha value is -4.27. The van der Waals surface area contributed by atoms with Gasteiger partial charge in [0.2, 0.25) is 5.78 Å². The average molecular weight is 417 g/mol. The molecule has 2 aromatic heterocycles. The number of nitrogens with zero attached hydrogens (tertiary/aromatic N) is 3. The fourth-order valence-corrected chi connectivity index (χ4v) is 3.19. The molecule has 2 amide bonds. The molecular weight excluding hydrogens is 398 g/mol. The molecule has 9 nitrogen and oxygen atoms in total. The van der Waals surface area contributed by atoms with E-state index >= 15 is 0 Å². The van der Waals surface area contributed by atoms with E-state index in [1.54, 1.807) is 49.4 Å². The molecule has 2 heterocycles. The van der Waals surface area contributed by atoms with Crippen LogP contribution in [0.3, 0.4) is 0 Å². The lowest BCUT2D eigenvalue weighted by Gasteiger charge is -2.15. The number of Topliss-reactive ketones (excluding diaryl/α,β-unsaturated/α-hetero) is 1. The van der Waals surface area contributed by atoms with Crippen molar-refractivity contribution < 1.29 is 18.8 Å². The first-order valence-electron chi connectivity index (χ1n) is 9.53. The molecular formula is C22H19N5O4. The van der Waals surface area contributed by atoms with Crippen LogP contribution in [0.4, 0.5) is 0 Å². The molecule has 1 atom stereocenters. The largest absolute Gasteiger partial charge is 0.422 e. The molecule has 0 aliphatic heterocycles. The Balaban J connectivity index is 1.58. The van der Waals surface area contributed by atoms with Gasteiger partial charge in [-0.05, 0) is 30.7 Å². The van der Waals surface area contributed by atoms with Gasteiger partial charge < -0.3 is 15.5 Å². The Morgan fingerprint density at radius 1 is 1.10 bits per heavy atom. The highest BCUT2D eigenvalue weighted by atomic mass is 16.4. The second kappa shape index (κ2) is 8.23. The molecule has 0 radical (unpaired) electrons. The second-order valence-electron chi connectivity index (χ2n) is 6.99. The molecule has 0 spiro atoms. The van der Waals surface area contributed by atoms with E-state index in [1.807, 2.05) is 18.2 Å². The van der Waals surface area contributed by atoms with Gasteiger partial charge in [0.1, 0.15) is 11.6 Å². The van der Waals surface area contributed by atoms with Crippen LogP contribution in [-0.2, 0) is 16.0 Å². The van der Waals surface area contributed by atoms with Crippen molar-refractivity contribution in [3.63, 3.8) is 0 Å². The van der Waals surface area contributed by atoms with Crippen LogP contribution in [0.25, 0.3) is 17.1 Å². The number of aryl methyl sites for hydroxylation is 1. The Kier molecular flexibility index (Phi) is 5.31. The standard InChI is InChI=1S/C22H19N5O4/c1-13-11-17(26-27(13)22-25-15-9-5-6-10-18(15)31-22)21(30)24-16(19(28)20(23)29)12-14-7-3-2-4-8-14/h2-11,16H,12H2,1H3,(H2,23,29)(H,24,30)/t16-/m0/s1. The van der Waals surface area contributed by atoms with Crippen molar-refractivity contribution in [3.05, 3.63) is 77.6 Å². The number of oxazole rings is 1. The number of primary amides is 1. The summed E-state index contributed by atoms with van der Waals surface area (Å²) in [6.07, 6.45) is 0.124. The first-order valence-corrected chi connectivity index (χ1v) is 9.53. The van der Waals surface area contributed by atoms with Gasteiger partial charge in [0.15, 0.2) is 11.3 Å². The van der Waals surface area contributed by atoms with E-state index in [0.29, 0.717) is 16.8 Å². The third-order valence-electron chi connectivity index (χ3n) is 4.73. The summed E-state index contributed by atoms with van der Waals surface area (Å²) in [7, 11) is 0. The summed E-state index contributed by atoms with van der Waals surface area (Å²) < 4.78 is 7.10. The van der Waals surface area contributed by atoms with Crippen LogP contribution in [0.5, 0.6) is 0 Å². The molecule has 4 rings (SSSR count). The van der Waals surface area contributed by atoms with Crippen molar-refractivity contribution in [2.45, 2.75) is 19.4 Å². The smallest absolute Gasteiger partial charge is 0.324 e. The number of ketones is 1. The zero-order chi connectivity index (χ0) is 22.0. The molecule has 31 heavy (non-hydrogen) atoms. The fourth-order valence-electron chi connectivity index (χ4n) is 3.19. The Bertz CT molecular complexity index is 1240. The number of hydrogen-bond acceptors (Lipinski definition) is 6. The summed E-state index contributed by atoms with van der Waals surface area (Å²) in [6, 6.07) is 16.9. The van der Waals surface area contributed by atoms with Crippen LogP contribution in [0.2, 0.25) is 0 Å². The number of carbonyl (C=O) groups is 3. The Morgan fingerprint density at radius 3 is 2.52 bits per heavy atom. The molecule has 2 aromatic carbocycles. The van der Waals surface area contributed by atoms with Gasteiger partial charge in [-0.2, -0.15) is 14.8 Å². The van der Waals surface area contributed by atoms with Crippen LogP contribution in [0, 0.1) is 6.92 Å². The lowest BCUT2D eigenvalue weighted by Crippen LogP contribution is -2.47. The maximum Gasteiger partial charge on any atom is 0.324 e. The lowest BCUT2D eigenvalue weighted by molar-refractivity contribution is -0.137. The Morgan fingerprint density at radius 2 is 1.81 bits per heavy atom. The van der Waals surface area contributed by atoms with Crippen LogP contribution in [0.15, 0.2) is 65.1 Å². The molecule has 9 heteroatoms. The average Bonchev–Trinajstić information content (AvgIpc) is 3.36. The maximum absolute atomic E-state index is 12.8. The number of benzene rings is 2. The normalized spacial score (nSPS) is 11.9. The third kappa shape index (κ3) is 4.20. The van der Waals surface area contributed by atoms with Gasteiger partial charge in [-0.15, -0.1) is 0 Å². The number of fused-ring (bicyclic) bond motifs is 1. The predicted octanol–water partition coefficient (Wildman–Crippen LogP) is 1.72. The molecule has 156 valence electrons. The van der Waals surface area contributed by atoms with Gasteiger partial charge >= 0.3 is 6.01 Å². The maximum atomic E-state index is 12.8. The molecule has 4 aromatic rings. The second-order valence-corrected chi connectivity index (χ2v) is 6.99. The van der Waals surface area contributed by atoms with Crippen molar-refractivity contribution in [2.75, 3.05) is 0 Å². The van der Waals surface area contributed by atoms with Gasteiger partial charge in [0, 0.05) is 12.1 Å². The minimum Gasteiger partial charge on any atom is -0.422 e. The number of aromatic nitrogens is 3. The zero-order valence-electron chi connectivity index (χ0n) is 16.6. The van der Waals surface area contributed by atoms with Gasteiger partial charge in [-0.25, -0.2) is 0 Å². The number of amides is 2. The number of carbonyl (C=O) groups excluding carboxylic acids is 3. The van der Waals surface area contributed by atoms with E-state index in [1.165, 1.54) is 4.68 Å². The molecule has 0 unspecified atom stereocenters. The molecule has 0 saturated heterocycles. The summed E-state index contributed by atoms with van der Waals surface area (Å²) in [5, 5.41) is 6.83. The van der Waals surface area contributed by atoms with Gasteiger partial charge in [0.25, 0.3) is 11.8 Å². The van der Waals surface area contributed by atoms with E-state index in [4.69, 9.17) is 10.2 Å². The van der Waals surface area contributed by atoms with Crippen LogP contribution < -0.4 is 11.1 Å². The monoisotopic (exact) mass is 417 g/mol. The first-order chi connectivity index (χ1) is 14.9.